The lowest BCUT2D eigenvalue weighted by Gasteiger charge is -2.24. The van der Waals surface area contributed by atoms with Crippen LogP contribution in [0.15, 0.2) is 0 Å². The molecule has 0 spiro atoms. The van der Waals surface area contributed by atoms with Crippen LogP contribution in [0.4, 0.5) is 0 Å². The molecule has 16 heavy (non-hydrogen) atoms. The summed E-state index contributed by atoms with van der Waals surface area (Å²) < 4.78 is 0. The largest absolute Gasteiger partial charge is 0.359 e. The third-order valence-electron chi connectivity index (χ3n) is 3.83. The molecule has 0 aromatic heterocycles. The van der Waals surface area contributed by atoms with Gasteiger partial charge in [-0.2, -0.15) is 0 Å². The number of likely N-dealkylation sites (tertiary alicyclic amines) is 1. The van der Waals surface area contributed by atoms with E-state index in [1.807, 2.05) is 0 Å². The SMILES string of the molecule is CNC(=O)CCCN1CC2CCCNC2C1. The van der Waals surface area contributed by atoms with Crippen LogP contribution in [0.3, 0.4) is 0 Å². The third kappa shape index (κ3) is 2.95. The summed E-state index contributed by atoms with van der Waals surface area (Å²) in [5.41, 5.74) is 0. The zero-order valence-corrected chi connectivity index (χ0v) is 10.2. The van der Waals surface area contributed by atoms with Crippen LogP contribution in [0.2, 0.25) is 0 Å². The van der Waals surface area contributed by atoms with E-state index >= 15 is 0 Å². The Labute approximate surface area is 97.8 Å². The lowest BCUT2D eigenvalue weighted by molar-refractivity contribution is -0.120. The maximum atomic E-state index is 11.1. The molecule has 2 fully saturated rings. The zero-order chi connectivity index (χ0) is 11.4. The standard InChI is InChI=1S/C12H23N3O/c1-13-12(16)5-3-7-15-8-10-4-2-6-14-11(10)9-15/h10-11,14H,2-9H2,1H3,(H,13,16). The van der Waals surface area contributed by atoms with Gasteiger partial charge in [0.2, 0.25) is 5.91 Å². The predicted octanol–water partition coefficient (Wildman–Crippen LogP) is 0.196. The van der Waals surface area contributed by atoms with Crippen LogP contribution in [0.1, 0.15) is 25.7 Å². The minimum absolute atomic E-state index is 0.162. The Morgan fingerprint density at radius 3 is 3.12 bits per heavy atom. The minimum atomic E-state index is 0.162. The van der Waals surface area contributed by atoms with E-state index in [1.54, 1.807) is 7.05 Å². The fourth-order valence-electron chi connectivity index (χ4n) is 2.91. The molecule has 0 radical (unpaired) electrons. The molecule has 2 N–H and O–H groups in total. The van der Waals surface area contributed by atoms with Crippen molar-refractivity contribution in [2.45, 2.75) is 31.7 Å². The summed E-state index contributed by atoms with van der Waals surface area (Å²) in [6.07, 6.45) is 4.35. The predicted molar refractivity (Wildman–Crippen MR) is 64.3 cm³/mol. The average molecular weight is 225 g/mol. The second-order valence-electron chi connectivity index (χ2n) is 5.00. The molecule has 4 heteroatoms. The summed E-state index contributed by atoms with van der Waals surface area (Å²) in [5, 5.41) is 6.27. The average Bonchev–Trinajstić information content (AvgIpc) is 2.71. The van der Waals surface area contributed by atoms with Gasteiger partial charge < -0.3 is 15.5 Å². The first-order valence-electron chi connectivity index (χ1n) is 6.46. The number of nitrogens with one attached hydrogen (secondary N) is 2. The maximum absolute atomic E-state index is 11.1. The van der Waals surface area contributed by atoms with Crippen molar-refractivity contribution in [3.05, 3.63) is 0 Å². The van der Waals surface area contributed by atoms with Gasteiger partial charge in [0.25, 0.3) is 0 Å². The molecule has 2 heterocycles. The Morgan fingerprint density at radius 2 is 2.38 bits per heavy atom. The highest BCUT2D eigenvalue weighted by molar-refractivity contribution is 5.75. The van der Waals surface area contributed by atoms with Crippen molar-refractivity contribution in [1.29, 1.82) is 0 Å². The van der Waals surface area contributed by atoms with E-state index in [0.29, 0.717) is 12.5 Å². The van der Waals surface area contributed by atoms with E-state index in [1.165, 1.54) is 32.5 Å². The molecule has 2 atom stereocenters. The van der Waals surface area contributed by atoms with Gasteiger partial charge in [-0.05, 0) is 38.3 Å². The summed E-state index contributed by atoms with van der Waals surface area (Å²) >= 11 is 0. The van der Waals surface area contributed by atoms with Gasteiger partial charge in [0.1, 0.15) is 0 Å². The monoisotopic (exact) mass is 225 g/mol. The normalized spacial score (nSPS) is 30.1. The van der Waals surface area contributed by atoms with Crippen LogP contribution in [-0.2, 0) is 4.79 Å². The number of carbonyl (C=O) groups excluding carboxylic acids is 1. The first-order chi connectivity index (χ1) is 7.79. The summed E-state index contributed by atoms with van der Waals surface area (Å²) in [4.78, 5) is 13.6. The molecule has 0 bridgehead atoms. The molecule has 0 aromatic rings. The molecule has 0 aromatic carbocycles. The van der Waals surface area contributed by atoms with Crippen LogP contribution in [0.25, 0.3) is 0 Å². The van der Waals surface area contributed by atoms with Crippen LogP contribution in [0, 0.1) is 5.92 Å². The molecule has 2 saturated heterocycles. The van der Waals surface area contributed by atoms with Crippen molar-refractivity contribution in [2.24, 2.45) is 5.92 Å². The van der Waals surface area contributed by atoms with E-state index in [-0.39, 0.29) is 5.91 Å². The van der Waals surface area contributed by atoms with Crippen LogP contribution in [-0.4, -0.2) is 50.1 Å². The van der Waals surface area contributed by atoms with Gasteiger partial charge in [-0.1, -0.05) is 0 Å². The molecule has 4 nitrogen and oxygen atoms in total. The van der Waals surface area contributed by atoms with E-state index in [9.17, 15) is 4.79 Å². The Morgan fingerprint density at radius 1 is 1.50 bits per heavy atom. The number of nitrogens with zero attached hydrogens (tertiary/aromatic N) is 1. The van der Waals surface area contributed by atoms with Crippen LogP contribution in [0.5, 0.6) is 0 Å². The molecule has 2 unspecified atom stereocenters. The van der Waals surface area contributed by atoms with E-state index in [2.05, 4.69) is 15.5 Å². The van der Waals surface area contributed by atoms with Gasteiger partial charge in [-0.3, -0.25) is 4.79 Å². The molecule has 2 aliphatic heterocycles. The number of fused-ring (bicyclic) bond motifs is 1. The molecule has 0 aliphatic carbocycles. The first-order valence-corrected chi connectivity index (χ1v) is 6.46. The molecular formula is C12H23N3O. The summed E-state index contributed by atoms with van der Waals surface area (Å²) in [7, 11) is 1.71. The number of hydrogen-bond donors (Lipinski definition) is 2. The van der Waals surface area contributed by atoms with E-state index in [4.69, 9.17) is 0 Å². The van der Waals surface area contributed by atoms with Crippen molar-refractivity contribution in [3.63, 3.8) is 0 Å². The van der Waals surface area contributed by atoms with Crippen molar-refractivity contribution in [1.82, 2.24) is 15.5 Å². The Bertz CT molecular complexity index is 230. The summed E-state index contributed by atoms with van der Waals surface area (Å²) in [6, 6.07) is 0.716. The quantitative estimate of drug-likeness (QED) is 0.718. The molecular weight excluding hydrogens is 202 g/mol. The van der Waals surface area contributed by atoms with Crippen molar-refractivity contribution >= 4 is 5.91 Å². The van der Waals surface area contributed by atoms with E-state index in [0.717, 1.165) is 18.9 Å². The first kappa shape index (κ1) is 11.9. The lowest BCUT2D eigenvalue weighted by atomic mass is 9.94. The highest BCUT2D eigenvalue weighted by atomic mass is 16.1. The maximum Gasteiger partial charge on any atom is 0.219 e. The number of rotatable bonds is 4. The van der Waals surface area contributed by atoms with Gasteiger partial charge in [-0.15, -0.1) is 0 Å². The van der Waals surface area contributed by atoms with Crippen molar-refractivity contribution < 1.29 is 4.79 Å². The third-order valence-corrected chi connectivity index (χ3v) is 3.83. The fourth-order valence-corrected chi connectivity index (χ4v) is 2.91. The van der Waals surface area contributed by atoms with Crippen LogP contribution < -0.4 is 10.6 Å². The van der Waals surface area contributed by atoms with Gasteiger partial charge in [0.05, 0.1) is 0 Å². The number of carbonyl (C=O) groups is 1. The lowest BCUT2D eigenvalue weighted by Crippen LogP contribution is -2.40. The van der Waals surface area contributed by atoms with Crippen molar-refractivity contribution in [2.75, 3.05) is 33.2 Å². The molecule has 92 valence electrons. The molecule has 0 saturated carbocycles. The van der Waals surface area contributed by atoms with E-state index < -0.39 is 0 Å². The Kier molecular flexibility index (Phi) is 4.18. The second-order valence-corrected chi connectivity index (χ2v) is 5.00. The Hall–Kier alpha value is -0.610. The second kappa shape index (κ2) is 5.64. The summed E-state index contributed by atoms with van der Waals surface area (Å²) in [6.45, 7) is 4.67. The van der Waals surface area contributed by atoms with Gasteiger partial charge in [0.15, 0.2) is 0 Å². The molecule has 2 aliphatic rings. The highest BCUT2D eigenvalue weighted by Crippen LogP contribution is 2.24. The van der Waals surface area contributed by atoms with Gasteiger partial charge in [0, 0.05) is 32.6 Å². The summed E-state index contributed by atoms with van der Waals surface area (Å²) in [5.74, 6) is 1.02. The van der Waals surface area contributed by atoms with Gasteiger partial charge >= 0.3 is 0 Å². The topological polar surface area (TPSA) is 44.4 Å². The van der Waals surface area contributed by atoms with Crippen molar-refractivity contribution in [3.8, 4) is 0 Å². The highest BCUT2D eigenvalue weighted by Gasteiger charge is 2.33. The van der Waals surface area contributed by atoms with Gasteiger partial charge in [-0.25, -0.2) is 0 Å². The minimum Gasteiger partial charge on any atom is -0.359 e. The molecule has 2 rings (SSSR count). The smallest absolute Gasteiger partial charge is 0.219 e. The number of amides is 1. The van der Waals surface area contributed by atoms with Crippen LogP contribution >= 0.6 is 0 Å². The zero-order valence-electron chi connectivity index (χ0n) is 10.2. The Balaban J connectivity index is 1.66. The fraction of sp³-hybridized carbons (Fsp3) is 0.917. The molecule has 1 amide bonds. The number of piperidine rings is 1. The number of hydrogen-bond acceptors (Lipinski definition) is 3.